The van der Waals surface area contributed by atoms with Crippen LogP contribution in [0.25, 0.3) is 0 Å². The molecule has 0 spiro atoms. The van der Waals surface area contributed by atoms with Crippen LogP contribution in [0.4, 0.5) is 21.5 Å². The third kappa shape index (κ3) is 4.23. The lowest BCUT2D eigenvalue weighted by Crippen LogP contribution is -2.37. The average molecular weight is 329 g/mol. The topological polar surface area (TPSA) is 53.6 Å². The minimum atomic E-state index is -0.335. The zero-order chi connectivity index (χ0) is 16.8. The second kappa shape index (κ2) is 7.79. The molecule has 24 heavy (non-hydrogen) atoms. The van der Waals surface area contributed by atoms with Gasteiger partial charge in [-0.3, -0.25) is 4.79 Å². The molecule has 0 aromatic heterocycles. The number of nitrogens with zero attached hydrogens (tertiary/aromatic N) is 1. The number of hydrogen-bond donors (Lipinski definition) is 2. The number of rotatable bonds is 5. The van der Waals surface area contributed by atoms with Gasteiger partial charge >= 0.3 is 0 Å². The standard InChI is InChI=1S/C18H20FN3O2/c19-14-4-3-5-15(12-14)20-13-18(23)21-16-6-1-2-7-17(16)22-8-10-24-11-9-22/h1-7,12,20H,8-11,13H2,(H,21,23). The summed E-state index contributed by atoms with van der Waals surface area (Å²) in [6, 6.07) is 13.7. The number of benzene rings is 2. The number of halogens is 1. The van der Waals surface area contributed by atoms with Crippen molar-refractivity contribution in [1.29, 1.82) is 0 Å². The average Bonchev–Trinajstić information content (AvgIpc) is 2.61. The second-order valence-corrected chi connectivity index (χ2v) is 5.53. The molecule has 0 saturated carbocycles. The molecule has 2 N–H and O–H groups in total. The fourth-order valence-corrected chi connectivity index (χ4v) is 2.63. The molecule has 6 heteroatoms. The smallest absolute Gasteiger partial charge is 0.243 e. The molecular weight excluding hydrogens is 309 g/mol. The number of carbonyl (C=O) groups excluding carboxylic acids is 1. The second-order valence-electron chi connectivity index (χ2n) is 5.53. The van der Waals surface area contributed by atoms with Gasteiger partial charge in [0.2, 0.25) is 5.91 Å². The summed E-state index contributed by atoms with van der Waals surface area (Å²) in [6.07, 6.45) is 0. The molecule has 0 aliphatic carbocycles. The molecule has 3 rings (SSSR count). The van der Waals surface area contributed by atoms with Crippen molar-refractivity contribution in [2.75, 3.05) is 48.4 Å². The SMILES string of the molecule is O=C(CNc1cccc(F)c1)Nc1ccccc1N1CCOCC1. The Bertz CT molecular complexity index is 702. The number of ether oxygens (including phenoxy) is 1. The van der Waals surface area contributed by atoms with Crippen molar-refractivity contribution in [3.05, 3.63) is 54.3 Å². The first-order chi connectivity index (χ1) is 11.7. The van der Waals surface area contributed by atoms with Gasteiger partial charge in [-0.25, -0.2) is 4.39 Å². The molecule has 1 aliphatic heterocycles. The van der Waals surface area contributed by atoms with Crippen LogP contribution in [-0.4, -0.2) is 38.8 Å². The number of hydrogen-bond acceptors (Lipinski definition) is 4. The first-order valence-electron chi connectivity index (χ1n) is 7.93. The minimum Gasteiger partial charge on any atom is -0.378 e. The Morgan fingerprint density at radius 1 is 1.12 bits per heavy atom. The lowest BCUT2D eigenvalue weighted by atomic mass is 10.2. The van der Waals surface area contributed by atoms with Crippen LogP contribution in [0, 0.1) is 5.82 Å². The van der Waals surface area contributed by atoms with Crippen LogP contribution in [0.2, 0.25) is 0 Å². The van der Waals surface area contributed by atoms with E-state index < -0.39 is 0 Å². The monoisotopic (exact) mass is 329 g/mol. The van der Waals surface area contributed by atoms with E-state index in [4.69, 9.17) is 4.74 Å². The molecule has 0 bridgehead atoms. The zero-order valence-corrected chi connectivity index (χ0v) is 13.3. The fraction of sp³-hybridized carbons (Fsp3) is 0.278. The van der Waals surface area contributed by atoms with Gasteiger partial charge in [0.1, 0.15) is 5.82 Å². The number of anilines is 3. The molecule has 1 heterocycles. The van der Waals surface area contributed by atoms with Gasteiger partial charge in [0.25, 0.3) is 0 Å². The largest absolute Gasteiger partial charge is 0.378 e. The normalized spacial score (nSPS) is 14.3. The molecule has 0 radical (unpaired) electrons. The van der Waals surface area contributed by atoms with E-state index in [9.17, 15) is 9.18 Å². The van der Waals surface area contributed by atoms with Gasteiger partial charge in [-0.05, 0) is 30.3 Å². The van der Waals surface area contributed by atoms with Crippen molar-refractivity contribution in [2.45, 2.75) is 0 Å². The molecule has 2 aromatic carbocycles. The van der Waals surface area contributed by atoms with Crippen LogP contribution in [0.3, 0.4) is 0 Å². The Labute approximate surface area is 140 Å². The number of para-hydroxylation sites is 2. The van der Waals surface area contributed by atoms with E-state index in [1.54, 1.807) is 12.1 Å². The van der Waals surface area contributed by atoms with Crippen molar-refractivity contribution in [3.8, 4) is 0 Å². The summed E-state index contributed by atoms with van der Waals surface area (Å²) in [5.74, 6) is -0.516. The maximum atomic E-state index is 13.1. The maximum Gasteiger partial charge on any atom is 0.243 e. The predicted octanol–water partition coefficient (Wildman–Crippen LogP) is 2.71. The molecule has 1 saturated heterocycles. The highest BCUT2D eigenvalue weighted by Gasteiger charge is 2.15. The maximum absolute atomic E-state index is 13.1. The van der Waals surface area contributed by atoms with Crippen LogP contribution < -0.4 is 15.5 Å². The van der Waals surface area contributed by atoms with Crippen molar-refractivity contribution in [3.63, 3.8) is 0 Å². The lowest BCUT2D eigenvalue weighted by Gasteiger charge is -2.30. The van der Waals surface area contributed by atoms with E-state index in [0.29, 0.717) is 18.9 Å². The van der Waals surface area contributed by atoms with Crippen molar-refractivity contribution in [2.24, 2.45) is 0 Å². The highest BCUT2D eigenvalue weighted by atomic mass is 19.1. The van der Waals surface area contributed by atoms with Crippen molar-refractivity contribution < 1.29 is 13.9 Å². The summed E-state index contributed by atoms with van der Waals surface area (Å²) in [4.78, 5) is 14.4. The molecule has 126 valence electrons. The van der Waals surface area contributed by atoms with Gasteiger partial charge in [-0.1, -0.05) is 18.2 Å². The minimum absolute atomic E-state index is 0.0703. The van der Waals surface area contributed by atoms with Gasteiger partial charge in [-0.15, -0.1) is 0 Å². The fourth-order valence-electron chi connectivity index (χ4n) is 2.63. The Morgan fingerprint density at radius 3 is 2.71 bits per heavy atom. The van der Waals surface area contributed by atoms with Crippen molar-refractivity contribution >= 4 is 23.0 Å². The molecule has 1 fully saturated rings. The van der Waals surface area contributed by atoms with E-state index in [-0.39, 0.29) is 18.3 Å². The first-order valence-corrected chi connectivity index (χ1v) is 7.93. The summed E-state index contributed by atoms with van der Waals surface area (Å²) < 4.78 is 18.5. The van der Waals surface area contributed by atoms with E-state index in [2.05, 4.69) is 15.5 Å². The molecule has 5 nitrogen and oxygen atoms in total. The van der Waals surface area contributed by atoms with Crippen molar-refractivity contribution in [1.82, 2.24) is 0 Å². The van der Waals surface area contributed by atoms with Gasteiger partial charge < -0.3 is 20.3 Å². The summed E-state index contributed by atoms with van der Waals surface area (Å²) >= 11 is 0. The van der Waals surface area contributed by atoms with Crippen LogP contribution in [0.5, 0.6) is 0 Å². The summed E-state index contributed by atoms with van der Waals surface area (Å²) in [5.41, 5.74) is 2.33. The van der Waals surface area contributed by atoms with E-state index in [1.165, 1.54) is 12.1 Å². The number of morpholine rings is 1. The summed E-state index contributed by atoms with van der Waals surface area (Å²) in [6.45, 7) is 3.04. The number of nitrogens with one attached hydrogen (secondary N) is 2. The highest BCUT2D eigenvalue weighted by Crippen LogP contribution is 2.26. The summed E-state index contributed by atoms with van der Waals surface area (Å²) in [5, 5.41) is 5.83. The van der Waals surface area contributed by atoms with E-state index in [0.717, 1.165) is 24.5 Å². The molecular formula is C18H20FN3O2. The molecule has 0 unspecified atom stereocenters. The third-order valence-corrected chi connectivity index (χ3v) is 3.81. The Hall–Kier alpha value is -2.60. The van der Waals surface area contributed by atoms with Crippen LogP contribution in [-0.2, 0) is 9.53 Å². The quantitative estimate of drug-likeness (QED) is 0.886. The van der Waals surface area contributed by atoms with Crippen LogP contribution >= 0.6 is 0 Å². The molecule has 2 aromatic rings. The lowest BCUT2D eigenvalue weighted by molar-refractivity contribution is -0.114. The number of amides is 1. The van der Waals surface area contributed by atoms with Gasteiger partial charge in [0.05, 0.1) is 31.1 Å². The Morgan fingerprint density at radius 2 is 1.92 bits per heavy atom. The van der Waals surface area contributed by atoms with Crippen LogP contribution in [0.15, 0.2) is 48.5 Å². The van der Waals surface area contributed by atoms with Crippen LogP contribution in [0.1, 0.15) is 0 Å². The van der Waals surface area contributed by atoms with E-state index >= 15 is 0 Å². The zero-order valence-electron chi connectivity index (χ0n) is 13.3. The van der Waals surface area contributed by atoms with Gasteiger partial charge in [-0.2, -0.15) is 0 Å². The summed E-state index contributed by atoms with van der Waals surface area (Å²) in [7, 11) is 0. The van der Waals surface area contributed by atoms with E-state index in [1.807, 2.05) is 24.3 Å². The Kier molecular flexibility index (Phi) is 5.28. The highest BCUT2D eigenvalue weighted by molar-refractivity contribution is 5.96. The van der Waals surface area contributed by atoms with Gasteiger partial charge in [0, 0.05) is 18.8 Å². The van der Waals surface area contributed by atoms with Gasteiger partial charge in [0.15, 0.2) is 0 Å². The number of carbonyl (C=O) groups is 1. The predicted molar refractivity (Wildman–Crippen MR) is 93.0 cm³/mol. The Balaban J connectivity index is 1.62. The molecule has 0 atom stereocenters. The molecule has 1 aliphatic rings. The molecule has 1 amide bonds. The third-order valence-electron chi connectivity index (χ3n) is 3.81. The first kappa shape index (κ1) is 16.3.